The monoisotopic (exact) mass is 218 g/mol. The molecule has 1 aliphatic rings. The van der Waals surface area contributed by atoms with E-state index in [1.54, 1.807) is 13.2 Å². The van der Waals surface area contributed by atoms with E-state index in [1.165, 1.54) is 0 Å². The number of carbonyl (C=O) groups excluding carboxylic acids is 1. The third-order valence-electron chi connectivity index (χ3n) is 2.48. The summed E-state index contributed by atoms with van der Waals surface area (Å²) in [5.41, 5.74) is 0.903. The maximum Gasteiger partial charge on any atom is 0.163 e. The van der Waals surface area contributed by atoms with Gasteiger partial charge < -0.3 is 9.47 Å². The minimum Gasteiger partial charge on any atom is -0.497 e. The number of hydrogen-bond acceptors (Lipinski definition) is 3. The van der Waals surface area contributed by atoms with Crippen LogP contribution >= 0.6 is 0 Å². The van der Waals surface area contributed by atoms with Crippen LogP contribution < -0.4 is 4.74 Å². The summed E-state index contributed by atoms with van der Waals surface area (Å²) >= 11 is 0. The van der Waals surface area contributed by atoms with Crippen molar-refractivity contribution in [1.82, 2.24) is 0 Å². The molecule has 1 aromatic rings. The van der Waals surface area contributed by atoms with Crippen LogP contribution in [0.25, 0.3) is 5.76 Å². The molecule has 3 heteroatoms. The number of hydrogen-bond donors (Lipinski definition) is 0. The van der Waals surface area contributed by atoms with Crippen LogP contribution in [0, 0.1) is 0 Å². The van der Waals surface area contributed by atoms with E-state index in [2.05, 4.69) is 0 Å². The first kappa shape index (κ1) is 10.7. The molecule has 1 heterocycles. The summed E-state index contributed by atoms with van der Waals surface area (Å²) in [5, 5.41) is 0. The number of ether oxygens (including phenoxy) is 2. The van der Waals surface area contributed by atoms with E-state index in [0.717, 1.165) is 11.3 Å². The van der Waals surface area contributed by atoms with Crippen LogP contribution in [0.15, 0.2) is 30.3 Å². The van der Waals surface area contributed by atoms with Gasteiger partial charge in [-0.25, -0.2) is 0 Å². The standard InChI is InChI=1S/C13H14O3/c1-9-7-11(14)8-13(16-9)10-3-5-12(15-2)6-4-10/h3-6,8-9H,7H2,1-2H3. The van der Waals surface area contributed by atoms with Crippen LogP contribution in [0.3, 0.4) is 0 Å². The van der Waals surface area contributed by atoms with Gasteiger partial charge in [-0.2, -0.15) is 0 Å². The molecule has 84 valence electrons. The summed E-state index contributed by atoms with van der Waals surface area (Å²) in [6, 6.07) is 7.47. The number of rotatable bonds is 2. The molecule has 1 atom stereocenters. The summed E-state index contributed by atoms with van der Waals surface area (Å²) in [7, 11) is 1.62. The Hall–Kier alpha value is -1.77. The van der Waals surface area contributed by atoms with E-state index in [-0.39, 0.29) is 11.9 Å². The van der Waals surface area contributed by atoms with Gasteiger partial charge in [0, 0.05) is 18.1 Å². The third kappa shape index (κ3) is 2.24. The van der Waals surface area contributed by atoms with Crippen molar-refractivity contribution in [3.8, 4) is 5.75 Å². The molecular weight excluding hydrogens is 204 g/mol. The predicted molar refractivity (Wildman–Crippen MR) is 61.1 cm³/mol. The predicted octanol–water partition coefficient (Wildman–Crippen LogP) is 2.41. The Balaban J connectivity index is 2.26. The minimum atomic E-state index is -0.0467. The molecule has 2 rings (SSSR count). The molecule has 0 N–H and O–H groups in total. The smallest absolute Gasteiger partial charge is 0.163 e. The zero-order valence-corrected chi connectivity index (χ0v) is 9.40. The van der Waals surface area contributed by atoms with Gasteiger partial charge in [0.1, 0.15) is 17.6 Å². The van der Waals surface area contributed by atoms with E-state index >= 15 is 0 Å². The fourth-order valence-corrected chi connectivity index (χ4v) is 1.69. The van der Waals surface area contributed by atoms with Crippen molar-refractivity contribution in [2.24, 2.45) is 0 Å². The summed E-state index contributed by atoms with van der Waals surface area (Å²) in [6.07, 6.45) is 1.97. The molecule has 0 radical (unpaired) electrons. The highest BCUT2D eigenvalue weighted by Gasteiger charge is 2.18. The van der Waals surface area contributed by atoms with E-state index in [1.807, 2.05) is 31.2 Å². The highest BCUT2D eigenvalue weighted by Crippen LogP contribution is 2.25. The van der Waals surface area contributed by atoms with Crippen LogP contribution in [-0.4, -0.2) is 19.0 Å². The lowest BCUT2D eigenvalue weighted by atomic mass is 10.1. The lowest BCUT2D eigenvalue weighted by Crippen LogP contribution is -2.18. The third-order valence-corrected chi connectivity index (χ3v) is 2.48. The van der Waals surface area contributed by atoms with E-state index in [9.17, 15) is 4.79 Å². The second-order valence-corrected chi connectivity index (χ2v) is 3.84. The van der Waals surface area contributed by atoms with Crippen LogP contribution in [0.1, 0.15) is 18.9 Å². The first-order valence-corrected chi connectivity index (χ1v) is 5.24. The Morgan fingerprint density at radius 1 is 1.31 bits per heavy atom. The van der Waals surface area contributed by atoms with Gasteiger partial charge in [-0.1, -0.05) is 0 Å². The van der Waals surface area contributed by atoms with Crippen LogP contribution in [-0.2, 0) is 9.53 Å². The average Bonchev–Trinajstić information content (AvgIpc) is 2.28. The maximum atomic E-state index is 11.4. The van der Waals surface area contributed by atoms with Gasteiger partial charge in [0.25, 0.3) is 0 Å². The van der Waals surface area contributed by atoms with Crippen molar-refractivity contribution in [3.05, 3.63) is 35.9 Å². The SMILES string of the molecule is COc1ccc(C2=CC(=O)CC(C)O2)cc1. The molecule has 0 amide bonds. The van der Waals surface area contributed by atoms with Crippen molar-refractivity contribution in [3.63, 3.8) is 0 Å². The normalized spacial score (nSPS) is 20.0. The summed E-state index contributed by atoms with van der Waals surface area (Å²) in [6.45, 7) is 1.90. The Kier molecular flexibility index (Phi) is 2.95. The largest absolute Gasteiger partial charge is 0.497 e. The van der Waals surface area contributed by atoms with Crippen LogP contribution in [0.2, 0.25) is 0 Å². The number of carbonyl (C=O) groups is 1. The molecule has 0 aromatic heterocycles. The van der Waals surface area contributed by atoms with Gasteiger partial charge in [0.15, 0.2) is 5.78 Å². The Morgan fingerprint density at radius 2 is 2.00 bits per heavy atom. The zero-order chi connectivity index (χ0) is 11.5. The molecule has 0 saturated carbocycles. The molecule has 0 aliphatic carbocycles. The number of benzene rings is 1. The van der Waals surface area contributed by atoms with Gasteiger partial charge in [-0.3, -0.25) is 4.79 Å². The van der Waals surface area contributed by atoms with Crippen LogP contribution in [0.4, 0.5) is 0 Å². The second-order valence-electron chi connectivity index (χ2n) is 3.84. The van der Waals surface area contributed by atoms with Crippen molar-refractivity contribution < 1.29 is 14.3 Å². The molecule has 0 spiro atoms. The topological polar surface area (TPSA) is 35.5 Å². The van der Waals surface area contributed by atoms with Gasteiger partial charge in [0.05, 0.1) is 7.11 Å². The maximum absolute atomic E-state index is 11.4. The van der Waals surface area contributed by atoms with E-state index < -0.39 is 0 Å². The van der Waals surface area contributed by atoms with E-state index in [0.29, 0.717) is 12.2 Å². The Labute approximate surface area is 94.7 Å². The van der Waals surface area contributed by atoms with Crippen molar-refractivity contribution >= 4 is 11.5 Å². The molecule has 1 unspecified atom stereocenters. The lowest BCUT2D eigenvalue weighted by molar-refractivity contribution is -0.117. The number of ketones is 1. The summed E-state index contributed by atoms with van der Waals surface area (Å²) in [5.74, 6) is 1.55. The van der Waals surface area contributed by atoms with Gasteiger partial charge >= 0.3 is 0 Å². The summed E-state index contributed by atoms with van der Waals surface area (Å²) < 4.78 is 10.7. The minimum absolute atomic E-state index is 0.0467. The van der Waals surface area contributed by atoms with Gasteiger partial charge in [0.2, 0.25) is 0 Å². The first-order chi connectivity index (χ1) is 7.69. The Morgan fingerprint density at radius 3 is 2.56 bits per heavy atom. The lowest BCUT2D eigenvalue weighted by Gasteiger charge is -2.20. The highest BCUT2D eigenvalue weighted by atomic mass is 16.5. The highest BCUT2D eigenvalue weighted by molar-refractivity contribution is 5.97. The van der Waals surface area contributed by atoms with Gasteiger partial charge in [-0.05, 0) is 31.2 Å². The molecule has 0 saturated heterocycles. The van der Waals surface area contributed by atoms with Crippen LogP contribution in [0.5, 0.6) is 5.75 Å². The number of methoxy groups -OCH3 is 1. The fourth-order valence-electron chi connectivity index (χ4n) is 1.69. The molecule has 1 aromatic carbocycles. The molecule has 0 bridgehead atoms. The molecular formula is C13H14O3. The fraction of sp³-hybridized carbons (Fsp3) is 0.308. The number of allylic oxidation sites excluding steroid dienone is 1. The average molecular weight is 218 g/mol. The Bertz CT molecular complexity index is 417. The van der Waals surface area contributed by atoms with Crippen molar-refractivity contribution in [2.75, 3.05) is 7.11 Å². The first-order valence-electron chi connectivity index (χ1n) is 5.24. The molecule has 3 nitrogen and oxygen atoms in total. The summed E-state index contributed by atoms with van der Waals surface area (Å²) in [4.78, 5) is 11.4. The molecule has 16 heavy (non-hydrogen) atoms. The van der Waals surface area contributed by atoms with E-state index in [4.69, 9.17) is 9.47 Å². The molecule has 0 fully saturated rings. The molecule has 1 aliphatic heterocycles. The van der Waals surface area contributed by atoms with Gasteiger partial charge in [-0.15, -0.1) is 0 Å². The van der Waals surface area contributed by atoms with Crippen molar-refractivity contribution in [2.45, 2.75) is 19.4 Å². The van der Waals surface area contributed by atoms with Crippen molar-refractivity contribution in [1.29, 1.82) is 0 Å². The second kappa shape index (κ2) is 4.39. The quantitative estimate of drug-likeness (QED) is 0.764. The zero-order valence-electron chi connectivity index (χ0n) is 9.40.